The van der Waals surface area contributed by atoms with E-state index in [0.717, 1.165) is 0 Å². The lowest BCUT2D eigenvalue weighted by Crippen LogP contribution is -2.37. The van der Waals surface area contributed by atoms with Gasteiger partial charge in [0.25, 0.3) is 0 Å². The molecule has 0 radical (unpaired) electrons. The Hall–Kier alpha value is -2.38. The van der Waals surface area contributed by atoms with Crippen molar-refractivity contribution in [2.24, 2.45) is 0 Å². The van der Waals surface area contributed by atoms with E-state index >= 15 is 0 Å². The van der Waals surface area contributed by atoms with Crippen LogP contribution in [0.2, 0.25) is 0 Å². The van der Waals surface area contributed by atoms with Gasteiger partial charge in [-0.15, -0.1) is 0 Å². The van der Waals surface area contributed by atoms with Crippen LogP contribution in [-0.4, -0.2) is 33.3 Å². The van der Waals surface area contributed by atoms with Gasteiger partial charge in [0, 0.05) is 19.0 Å². The average Bonchev–Trinajstić information content (AvgIpc) is 2.84. The maximum Gasteiger partial charge on any atom is 0.330 e. The second kappa shape index (κ2) is 7.47. The van der Waals surface area contributed by atoms with Crippen LogP contribution in [0.1, 0.15) is 20.3 Å². The molecule has 0 spiro atoms. The first kappa shape index (κ1) is 18.4. The predicted octanol–water partition coefficient (Wildman–Crippen LogP) is 2.85. The van der Waals surface area contributed by atoms with E-state index in [1.165, 1.54) is 8.61 Å². The van der Waals surface area contributed by atoms with Gasteiger partial charge in [-0.25, -0.2) is 4.31 Å². The molecule has 1 heterocycles. The molecule has 0 bridgehead atoms. The molecule has 0 amide bonds. The molecule has 0 atom stereocenters. The van der Waals surface area contributed by atoms with Crippen molar-refractivity contribution in [1.82, 2.24) is 5.32 Å². The van der Waals surface area contributed by atoms with Crippen LogP contribution in [0.15, 0.2) is 54.6 Å². The lowest BCUT2D eigenvalue weighted by Gasteiger charge is -2.21. The Morgan fingerprint density at radius 2 is 1.62 bits per heavy atom. The molecule has 138 valence electrons. The Balaban J connectivity index is 1.86. The summed E-state index contributed by atoms with van der Waals surface area (Å²) in [5.74, 6) is -0.00968. The Labute approximate surface area is 154 Å². The van der Waals surface area contributed by atoms with Crippen LogP contribution in [0.5, 0.6) is 0 Å². The minimum absolute atomic E-state index is 0.00968. The maximum atomic E-state index is 13.2. The van der Waals surface area contributed by atoms with Gasteiger partial charge in [-0.2, -0.15) is 8.42 Å². The molecule has 2 aromatic carbocycles. The maximum absolute atomic E-state index is 13.2. The quantitative estimate of drug-likeness (QED) is 0.810. The van der Waals surface area contributed by atoms with E-state index in [4.69, 9.17) is 0 Å². The number of fused-ring (bicyclic) bond motifs is 1. The van der Waals surface area contributed by atoms with Crippen LogP contribution in [0.3, 0.4) is 0 Å². The van der Waals surface area contributed by atoms with Crippen LogP contribution >= 0.6 is 0 Å². The molecule has 1 N–H and O–H groups in total. The summed E-state index contributed by atoms with van der Waals surface area (Å²) in [5, 5.41) is 3.07. The smallest absolute Gasteiger partial charge is 0.308 e. The summed E-state index contributed by atoms with van der Waals surface area (Å²) in [5.41, 5.74) is 1.78. The normalized spacial score (nSPS) is 15.3. The number of nitrogens with zero attached hydrogens (tertiary/aromatic N) is 2. The molecule has 0 saturated heterocycles. The molecular weight excluding hydrogens is 350 g/mol. The van der Waals surface area contributed by atoms with E-state index < -0.39 is 10.2 Å². The van der Waals surface area contributed by atoms with Gasteiger partial charge in [0.05, 0.1) is 23.6 Å². The van der Waals surface area contributed by atoms with Crippen molar-refractivity contribution < 1.29 is 13.2 Å². The van der Waals surface area contributed by atoms with E-state index in [1.54, 1.807) is 42.5 Å². The Morgan fingerprint density at radius 3 is 2.27 bits per heavy atom. The van der Waals surface area contributed by atoms with Crippen LogP contribution in [0.4, 0.5) is 17.1 Å². The number of ketones is 1. The molecule has 1 aliphatic rings. The SMILES string of the molecule is CC(C)NCC(=O)CCN1c2ccccc2N(c2ccccc2)S1(=O)=O. The van der Waals surface area contributed by atoms with Crippen molar-refractivity contribution in [3.05, 3.63) is 54.6 Å². The van der Waals surface area contributed by atoms with Crippen LogP contribution < -0.4 is 13.9 Å². The fraction of sp³-hybridized carbons (Fsp3) is 0.316. The van der Waals surface area contributed by atoms with E-state index in [0.29, 0.717) is 17.1 Å². The largest absolute Gasteiger partial charge is 0.330 e. The van der Waals surface area contributed by atoms with E-state index in [2.05, 4.69) is 5.32 Å². The van der Waals surface area contributed by atoms with Crippen molar-refractivity contribution in [3.8, 4) is 0 Å². The molecule has 0 aromatic heterocycles. The molecule has 3 rings (SSSR count). The highest BCUT2D eigenvalue weighted by atomic mass is 32.2. The third kappa shape index (κ3) is 3.59. The number of carbonyl (C=O) groups is 1. The zero-order valence-corrected chi connectivity index (χ0v) is 15.7. The van der Waals surface area contributed by atoms with Crippen LogP contribution in [0, 0.1) is 0 Å². The first-order chi connectivity index (χ1) is 12.4. The Morgan fingerprint density at radius 1 is 1.00 bits per heavy atom. The van der Waals surface area contributed by atoms with Gasteiger partial charge in [0.2, 0.25) is 0 Å². The number of carbonyl (C=O) groups excluding carboxylic acids is 1. The molecule has 2 aromatic rings. The van der Waals surface area contributed by atoms with Gasteiger partial charge in [-0.1, -0.05) is 44.2 Å². The number of rotatable bonds is 7. The molecule has 1 aliphatic heterocycles. The molecule has 0 saturated carbocycles. The van der Waals surface area contributed by atoms with E-state index in [9.17, 15) is 13.2 Å². The van der Waals surface area contributed by atoms with Gasteiger partial charge < -0.3 is 5.32 Å². The summed E-state index contributed by atoms with van der Waals surface area (Å²) in [6, 6.07) is 16.3. The fourth-order valence-corrected chi connectivity index (χ4v) is 4.61. The molecule has 0 unspecified atom stereocenters. The van der Waals surface area contributed by atoms with Crippen LogP contribution in [0.25, 0.3) is 0 Å². The molecule has 26 heavy (non-hydrogen) atoms. The van der Waals surface area contributed by atoms with Crippen molar-refractivity contribution in [2.45, 2.75) is 26.3 Å². The third-order valence-corrected chi connectivity index (χ3v) is 5.98. The Kier molecular flexibility index (Phi) is 5.29. The molecule has 0 aliphatic carbocycles. The van der Waals surface area contributed by atoms with Gasteiger partial charge >= 0.3 is 10.2 Å². The monoisotopic (exact) mass is 373 g/mol. The molecule has 0 fully saturated rings. The number of para-hydroxylation sites is 3. The summed E-state index contributed by atoms with van der Waals surface area (Å²) in [7, 11) is -3.77. The number of Topliss-reactive ketones (excluding diaryl/α,β-unsaturated/α-hetero) is 1. The molecule has 6 nitrogen and oxygen atoms in total. The number of nitrogens with one attached hydrogen (secondary N) is 1. The lowest BCUT2D eigenvalue weighted by molar-refractivity contribution is -0.118. The average molecular weight is 373 g/mol. The van der Waals surface area contributed by atoms with Crippen molar-refractivity contribution in [3.63, 3.8) is 0 Å². The van der Waals surface area contributed by atoms with Gasteiger partial charge in [0.1, 0.15) is 5.78 Å². The zero-order chi connectivity index (χ0) is 18.7. The van der Waals surface area contributed by atoms with Crippen LogP contribution in [-0.2, 0) is 15.0 Å². The van der Waals surface area contributed by atoms with Crippen molar-refractivity contribution in [1.29, 1.82) is 0 Å². The van der Waals surface area contributed by atoms with Gasteiger partial charge in [0.15, 0.2) is 0 Å². The first-order valence-corrected chi connectivity index (χ1v) is 10.0. The highest BCUT2D eigenvalue weighted by Gasteiger charge is 2.40. The fourth-order valence-electron chi connectivity index (χ4n) is 2.90. The second-order valence-corrected chi connectivity index (χ2v) is 8.19. The standard InChI is InChI=1S/C19H23N3O3S/c1-15(2)20-14-17(23)12-13-21-18-10-6-7-11-19(18)22(26(21,24)25)16-8-4-3-5-9-16/h3-11,15,20H,12-14H2,1-2H3. The van der Waals surface area contributed by atoms with E-state index in [1.807, 2.05) is 26.0 Å². The molecular formula is C19H23N3O3S. The van der Waals surface area contributed by atoms with Crippen molar-refractivity contribution in [2.75, 3.05) is 21.7 Å². The summed E-state index contributed by atoms with van der Waals surface area (Å²) in [4.78, 5) is 12.1. The summed E-state index contributed by atoms with van der Waals surface area (Å²) in [6.45, 7) is 4.30. The summed E-state index contributed by atoms with van der Waals surface area (Å²) < 4.78 is 29.0. The first-order valence-electron chi connectivity index (χ1n) is 8.63. The zero-order valence-electron chi connectivity index (χ0n) is 14.9. The number of anilines is 3. The highest BCUT2D eigenvalue weighted by Crippen LogP contribution is 2.44. The van der Waals surface area contributed by atoms with Crippen molar-refractivity contribution >= 4 is 33.1 Å². The summed E-state index contributed by atoms with van der Waals surface area (Å²) in [6.07, 6.45) is 0.163. The molecule has 7 heteroatoms. The summed E-state index contributed by atoms with van der Waals surface area (Å²) >= 11 is 0. The lowest BCUT2D eigenvalue weighted by atomic mass is 10.2. The second-order valence-electron chi connectivity index (χ2n) is 6.49. The van der Waals surface area contributed by atoms with E-state index in [-0.39, 0.29) is 31.3 Å². The highest BCUT2D eigenvalue weighted by molar-refractivity contribution is 7.95. The van der Waals surface area contributed by atoms with Gasteiger partial charge in [-0.05, 0) is 24.3 Å². The predicted molar refractivity (Wildman–Crippen MR) is 104 cm³/mol. The number of hydrogen-bond donors (Lipinski definition) is 1. The Bertz CT molecular complexity index is 882. The minimum atomic E-state index is -3.77. The van der Waals surface area contributed by atoms with Gasteiger partial charge in [-0.3, -0.25) is 9.10 Å². The number of benzene rings is 2. The third-order valence-electron chi connectivity index (χ3n) is 4.17. The minimum Gasteiger partial charge on any atom is -0.308 e. The topological polar surface area (TPSA) is 69.7 Å². The number of hydrogen-bond acceptors (Lipinski definition) is 4.